The van der Waals surface area contributed by atoms with Gasteiger partial charge in [-0.05, 0) is 67.6 Å². The van der Waals surface area contributed by atoms with E-state index in [1.807, 2.05) is 25.3 Å². The summed E-state index contributed by atoms with van der Waals surface area (Å²) in [5.41, 5.74) is 7.00. The molecule has 1 unspecified atom stereocenters. The second-order valence-electron chi connectivity index (χ2n) is 7.38. The third-order valence-corrected chi connectivity index (χ3v) is 5.38. The van der Waals surface area contributed by atoms with E-state index in [1.165, 1.54) is 22.0 Å². The number of methoxy groups -OCH3 is 1. The lowest BCUT2D eigenvalue weighted by molar-refractivity contribution is 0.116. The van der Waals surface area contributed by atoms with E-state index < -0.39 is 0 Å². The Bertz CT molecular complexity index is 1070. The van der Waals surface area contributed by atoms with Gasteiger partial charge in [-0.25, -0.2) is 0 Å². The highest BCUT2D eigenvalue weighted by atomic mass is 16.5. The molecule has 0 amide bonds. The van der Waals surface area contributed by atoms with E-state index in [-0.39, 0.29) is 6.10 Å². The number of nitrogens with zero attached hydrogens (tertiary/aromatic N) is 1. The van der Waals surface area contributed by atoms with Gasteiger partial charge in [-0.1, -0.05) is 30.3 Å². The molecule has 0 aliphatic carbocycles. The zero-order valence-corrected chi connectivity index (χ0v) is 17.0. The van der Waals surface area contributed by atoms with Gasteiger partial charge in [0.15, 0.2) is 0 Å². The van der Waals surface area contributed by atoms with Crippen LogP contribution in [0.1, 0.15) is 36.3 Å². The van der Waals surface area contributed by atoms with Gasteiger partial charge in [0.1, 0.15) is 0 Å². The predicted octanol–water partition coefficient (Wildman–Crippen LogP) is 6.19. The summed E-state index contributed by atoms with van der Waals surface area (Å²) in [5.74, 6) is 0. The van der Waals surface area contributed by atoms with E-state index in [4.69, 9.17) is 4.74 Å². The third-order valence-electron chi connectivity index (χ3n) is 5.38. The van der Waals surface area contributed by atoms with Gasteiger partial charge in [0, 0.05) is 41.8 Å². The summed E-state index contributed by atoms with van der Waals surface area (Å²) in [5, 5.41) is 4.79. The average molecular weight is 386 g/mol. The normalized spacial score (nSPS) is 12.2. The Morgan fingerprint density at radius 1 is 1.00 bits per heavy atom. The standard InChI is InChI=1S/C25H27N3O/c1-18(29-2)25-16-22(14-15-26-25)28-21-12-10-19(11-13-21)6-5-7-20-17-27-24-9-4-3-8-23(20)24/h3-4,8-18,27H,5-7H2,1-2H3,(H,26,28). The first-order valence-electron chi connectivity index (χ1n) is 10.1. The summed E-state index contributed by atoms with van der Waals surface area (Å²) in [7, 11) is 1.70. The van der Waals surface area contributed by atoms with Crippen molar-refractivity contribution in [2.24, 2.45) is 0 Å². The van der Waals surface area contributed by atoms with Crippen molar-refractivity contribution >= 4 is 22.3 Å². The number of benzene rings is 2. The van der Waals surface area contributed by atoms with Gasteiger partial charge in [0.05, 0.1) is 11.8 Å². The van der Waals surface area contributed by atoms with Gasteiger partial charge in [0.25, 0.3) is 0 Å². The van der Waals surface area contributed by atoms with Crippen LogP contribution in [-0.2, 0) is 17.6 Å². The second kappa shape index (κ2) is 8.93. The largest absolute Gasteiger partial charge is 0.375 e. The van der Waals surface area contributed by atoms with Crippen molar-refractivity contribution < 1.29 is 4.74 Å². The summed E-state index contributed by atoms with van der Waals surface area (Å²) in [4.78, 5) is 7.73. The lowest BCUT2D eigenvalue weighted by Gasteiger charge is -2.12. The number of fused-ring (bicyclic) bond motifs is 1. The maximum atomic E-state index is 5.35. The van der Waals surface area contributed by atoms with Crippen LogP contribution in [0.25, 0.3) is 10.9 Å². The van der Waals surface area contributed by atoms with Crippen LogP contribution in [0.2, 0.25) is 0 Å². The Hall–Kier alpha value is -3.11. The van der Waals surface area contributed by atoms with Crippen molar-refractivity contribution in [3.63, 3.8) is 0 Å². The number of pyridine rings is 1. The van der Waals surface area contributed by atoms with Crippen molar-refractivity contribution in [1.29, 1.82) is 0 Å². The number of H-pyrrole nitrogens is 1. The van der Waals surface area contributed by atoms with E-state index in [0.717, 1.165) is 36.3 Å². The Morgan fingerprint density at radius 3 is 2.66 bits per heavy atom. The minimum absolute atomic E-state index is 0.0173. The molecule has 0 spiro atoms. The fourth-order valence-corrected chi connectivity index (χ4v) is 3.61. The number of nitrogens with one attached hydrogen (secondary N) is 2. The fourth-order valence-electron chi connectivity index (χ4n) is 3.61. The van der Waals surface area contributed by atoms with Crippen LogP contribution in [0.5, 0.6) is 0 Å². The lowest BCUT2D eigenvalue weighted by atomic mass is 10.0. The Labute approximate surface area is 172 Å². The molecule has 2 heterocycles. The molecule has 4 heteroatoms. The molecule has 148 valence electrons. The Morgan fingerprint density at radius 2 is 1.83 bits per heavy atom. The van der Waals surface area contributed by atoms with Gasteiger partial charge in [0.2, 0.25) is 0 Å². The molecule has 0 radical (unpaired) electrons. The molecular weight excluding hydrogens is 358 g/mol. The van der Waals surface area contributed by atoms with Crippen molar-refractivity contribution in [2.75, 3.05) is 12.4 Å². The molecule has 4 aromatic rings. The molecule has 2 aromatic heterocycles. The zero-order chi connectivity index (χ0) is 20.1. The molecule has 4 rings (SSSR count). The molecule has 29 heavy (non-hydrogen) atoms. The van der Waals surface area contributed by atoms with Gasteiger partial charge in [-0.15, -0.1) is 0 Å². The van der Waals surface area contributed by atoms with E-state index in [9.17, 15) is 0 Å². The molecule has 0 fully saturated rings. The molecule has 0 saturated heterocycles. The highest BCUT2D eigenvalue weighted by molar-refractivity contribution is 5.83. The summed E-state index contributed by atoms with van der Waals surface area (Å²) in [6.45, 7) is 2.00. The molecular formula is C25H27N3O. The Balaban J connectivity index is 1.33. The van der Waals surface area contributed by atoms with Crippen molar-refractivity contribution in [3.05, 3.63) is 89.9 Å². The number of hydrogen-bond donors (Lipinski definition) is 2. The van der Waals surface area contributed by atoms with E-state index in [2.05, 4.69) is 70.0 Å². The maximum absolute atomic E-state index is 5.35. The molecule has 2 N–H and O–H groups in total. The quantitative estimate of drug-likeness (QED) is 0.380. The summed E-state index contributed by atoms with van der Waals surface area (Å²) in [6.07, 6.45) is 7.23. The van der Waals surface area contributed by atoms with Crippen LogP contribution < -0.4 is 5.32 Å². The van der Waals surface area contributed by atoms with Crippen LogP contribution in [0.4, 0.5) is 11.4 Å². The zero-order valence-electron chi connectivity index (χ0n) is 17.0. The van der Waals surface area contributed by atoms with Crippen molar-refractivity contribution in [2.45, 2.75) is 32.3 Å². The fraction of sp³-hybridized carbons (Fsp3) is 0.240. The number of aromatic amines is 1. The summed E-state index contributed by atoms with van der Waals surface area (Å²) in [6, 6.07) is 21.2. The third kappa shape index (κ3) is 4.66. The first-order valence-corrected chi connectivity index (χ1v) is 10.1. The average Bonchev–Trinajstić information content (AvgIpc) is 3.18. The van der Waals surface area contributed by atoms with Crippen molar-refractivity contribution in [3.8, 4) is 0 Å². The van der Waals surface area contributed by atoms with Gasteiger partial charge >= 0.3 is 0 Å². The smallest absolute Gasteiger partial charge is 0.0963 e. The maximum Gasteiger partial charge on any atom is 0.0963 e. The number of hydrogen-bond acceptors (Lipinski definition) is 3. The molecule has 4 nitrogen and oxygen atoms in total. The molecule has 0 saturated carbocycles. The molecule has 1 atom stereocenters. The number of rotatable bonds is 8. The number of aryl methyl sites for hydroxylation is 2. The molecule has 0 bridgehead atoms. The van der Waals surface area contributed by atoms with Crippen LogP contribution in [-0.4, -0.2) is 17.1 Å². The molecule has 0 aliphatic heterocycles. The summed E-state index contributed by atoms with van der Waals surface area (Å²) < 4.78 is 5.35. The highest BCUT2D eigenvalue weighted by Gasteiger charge is 2.06. The number of para-hydroxylation sites is 1. The predicted molar refractivity (Wildman–Crippen MR) is 120 cm³/mol. The highest BCUT2D eigenvalue weighted by Crippen LogP contribution is 2.22. The number of ether oxygens (including phenoxy) is 1. The van der Waals surface area contributed by atoms with E-state index in [1.54, 1.807) is 7.11 Å². The van der Waals surface area contributed by atoms with E-state index in [0.29, 0.717) is 0 Å². The van der Waals surface area contributed by atoms with E-state index >= 15 is 0 Å². The van der Waals surface area contributed by atoms with Crippen molar-refractivity contribution in [1.82, 2.24) is 9.97 Å². The van der Waals surface area contributed by atoms with Gasteiger partial charge < -0.3 is 15.0 Å². The van der Waals surface area contributed by atoms with Crippen LogP contribution in [0, 0.1) is 0 Å². The van der Waals surface area contributed by atoms with Gasteiger partial charge in [-0.2, -0.15) is 0 Å². The number of aromatic nitrogens is 2. The first-order chi connectivity index (χ1) is 14.2. The lowest BCUT2D eigenvalue weighted by Crippen LogP contribution is -2.00. The van der Waals surface area contributed by atoms with Gasteiger partial charge in [-0.3, -0.25) is 4.98 Å². The molecule has 0 aliphatic rings. The molecule has 2 aromatic carbocycles. The topological polar surface area (TPSA) is 49.9 Å². The van der Waals surface area contributed by atoms with Crippen LogP contribution >= 0.6 is 0 Å². The van der Waals surface area contributed by atoms with Crippen LogP contribution in [0.3, 0.4) is 0 Å². The Kier molecular flexibility index (Phi) is 5.92. The number of anilines is 2. The first kappa shape index (κ1) is 19.2. The summed E-state index contributed by atoms with van der Waals surface area (Å²) >= 11 is 0. The SMILES string of the molecule is COC(C)c1cc(Nc2ccc(CCCc3c[nH]c4ccccc34)cc2)ccn1. The monoisotopic (exact) mass is 385 g/mol. The second-order valence-corrected chi connectivity index (χ2v) is 7.38. The van der Waals surface area contributed by atoms with Crippen LogP contribution in [0.15, 0.2) is 73.1 Å². The minimum atomic E-state index is -0.0173. The minimum Gasteiger partial charge on any atom is -0.375 e.